The number of hydrogen-bond acceptors (Lipinski definition) is 6. The lowest BCUT2D eigenvalue weighted by molar-refractivity contribution is 0.0526. The van der Waals surface area contributed by atoms with E-state index in [4.69, 9.17) is 4.74 Å². The van der Waals surface area contributed by atoms with E-state index in [1.165, 1.54) is 12.8 Å². The molecular weight excluding hydrogens is 280 g/mol. The molecule has 0 amide bonds. The number of hydrogen-bond donors (Lipinski definition) is 2. The van der Waals surface area contributed by atoms with E-state index >= 15 is 0 Å². The summed E-state index contributed by atoms with van der Waals surface area (Å²) in [7, 11) is 0. The molecule has 0 bridgehead atoms. The van der Waals surface area contributed by atoms with Crippen LogP contribution in [-0.2, 0) is 4.74 Å². The van der Waals surface area contributed by atoms with Crippen molar-refractivity contribution in [2.45, 2.75) is 25.8 Å². The van der Waals surface area contributed by atoms with Gasteiger partial charge in [0, 0.05) is 17.9 Å². The van der Waals surface area contributed by atoms with Gasteiger partial charge in [-0.25, -0.2) is 9.78 Å². The number of anilines is 3. The third kappa shape index (κ3) is 3.72. The van der Waals surface area contributed by atoms with Crippen LogP contribution in [-0.4, -0.2) is 28.6 Å². The average molecular weight is 298 g/mol. The fourth-order valence-electron chi connectivity index (χ4n) is 1.97. The molecule has 1 aliphatic carbocycles. The average Bonchev–Trinajstić information content (AvgIpc) is 3.32. The van der Waals surface area contributed by atoms with Crippen LogP contribution in [0.1, 0.15) is 30.1 Å². The van der Waals surface area contributed by atoms with Crippen LogP contribution in [0.2, 0.25) is 0 Å². The van der Waals surface area contributed by atoms with Gasteiger partial charge < -0.3 is 15.4 Å². The lowest BCUT2D eigenvalue weighted by Gasteiger charge is -2.08. The third-order valence-corrected chi connectivity index (χ3v) is 3.24. The van der Waals surface area contributed by atoms with Crippen LogP contribution in [0.3, 0.4) is 0 Å². The minimum Gasteiger partial charge on any atom is -0.462 e. The highest BCUT2D eigenvalue weighted by Gasteiger charge is 2.21. The molecule has 0 atom stereocenters. The van der Waals surface area contributed by atoms with Crippen LogP contribution in [0.4, 0.5) is 17.5 Å². The highest BCUT2D eigenvalue weighted by molar-refractivity contribution is 5.89. The van der Waals surface area contributed by atoms with Crippen molar-refractivity contribution in [1.29, 1.82) is 0 Å². The van der Waals surface area contributed by atoms with E-state index in [2.05, 4.69) is 20.6 Å². The number of ether oxygens (including phenoxy) is 1. The lowest BCUT2D eigenvalue weighted by Crippen LogP contribution is -2.06. The summed E-state index contributed by atoms with van der Waals surface area (Å²) < 4.78 is 4.95. The summed E-state index contributed by atoms with van der Waals surface area (Å²) in [4.78, 5) is 20.2. The number of nitrogens with one attached hydrogen (secondary N) is 2. The van der Waals surface area contributed by atoms with Crippen molar-refractivity contribution in [3.05, 3.63) is 42.1 Å². The lowest BCUT2D eigenvalue weighted by atomic mass is 10.2. The molecule has 22 heavy (non-hydrogen) atoms. The molecule has 1 saturated carbocycles. The second kappa shape index (κ2) is 6.43. The molecule has 0 unspecified atom stereocenters. The number of benzene rings is 1. The van der Waals surface area contributed by atoms with E-state index in [1.807, 2.05) is 6.07 Å². The fraction of sp³-hybridized carbons (Fsp3) is 0.312. The van der Waals surface area contributed by atoms with Gasteiger partial charge in [-0.05, 0) is 50.1 Å². The Labute approximate surface area is 128 Å². The van der Waals surface area contributed by atoms with Crippen molar-refractivity contribution in [1.82, 2.24) is 9.97 Å². The molecule has 0 spiro atoms. The summed E-state index contributed by atoms with van der Waals surface area (Å²) in [5.74, 6) is 1.03. The van der Waals surface area contributed by atoms with Gasteiger partial charge in [-0.15, -0.1) is 0 Å². The Morgan fingerprint density at radius 2 is 2.05 bits per heavy atom. The highest BCUT2D eigenvalue weighted by atomic mass is 16.5. The van der Waals surface area contributed by atoms with E-state index in [0.29, 0.717) is 24.2 Å². The van der Waals surface area contributed by atoms with Gasteiger partial charge in [-0.3, -0.25) is 0 Å². The third-order valence-electron chi connectivity index (χ3n) is 3.24. The molecule has 2 aromatic rings. The van der Waals surface area contributed by atoms with Crippen molar-refractivity contribution >= 4 is 23.4 Å². The summed E-state index contributed by atoms with van der Waals surface area (Å²) in [5, 5.41) is 6.45. The zero-order valence-corrected chi connectivity index (χ0v) is 12.4. The van der Waals surface area contributed by atoms with E-state index in [0.717, 1.165) is 11.5 Å². The Bertz CT molecular complexity index is 653. The molecule has 3 rings (SSSR count). The molecule has 1 aliphatic rings. The molecule has 2 N–H and O–H groups in total. The second-order valence-electron chi connectivity index (χ2n) is 5.11. The van der Waals surface area contributed by atoms with E-state index in [9.17, 15) is 4.79 Å². The zero-order valence-electron chi connectivity index (χ0n) is 12.4. The number of carbonyl (C=O) groups is 1. The van der Waals surface area contributed by atoms with Crippen LogP contribution >= 0.6 is 0 Å². The largest absolute Gasteiger partial charge is 0.462 e. The number of rotatable bonds is 6. The predicted octanol–water partition coefficient (Wildman–Crippen LogP) is 2.97. The molecule has 0 saturated heterocycles. The van der Waals surface area contributed by atoms with Gasteiger partial charge >= 0.3 is 5.97 Å². The van der Waals surface area contributed by atoms with Gasteiger partial charge in [0.2, 0.25) is 5.95 Å². The van der Waals surface area contributed by atoms with Crippen molar-refractivity contribution in [3.8, 4) is 0 Å². The molecule has 0 aliphatic heterocycles. The first-order valence-corrected chi connectivity index (χ1v) is 7.38. The first-order chi connectivity index (χ1) is 10.7. The summed E-state index contributed by atoms with van der Waals surface area (Å²) in [6, 6.07) is 9.44. The van der Waals surface area contributed by atoms with Gasteiger partial charge in [0.05, 0.1) is 12.2 Å². The van der Waals surface area contributed by atoms with Crippen molar-refractivity contribution in [2.75, 3.05) is 17.2 Å². The molecule has 6 heteroatoms. The van der Waals surface area contributed by atoms with E-state index in [1.54, 1.807) is 37.4 Å². The van der Waals surface area contributed by atoms with Crippen LogP contribution in [0.5, 0.6) is 0 Å². The van der Waals surface area contributed by atoms with Crippen LogP contribution in [0.25, 0.3) is 0 Å². The van der Waals surface area contributed by atoms with E-state index < -0.39 is 0 Å². The number of carbonyl (C=O) groups excluding carboxylic acids is 1. The quantitative estimate of drug-likeness (QED) is 0.798. The number of aromatic nitrogens is 2. The normalized spacial score (nSPS) is 13.5. The van der Waals surface area contributed by atoms with Gasteiger partial charge in [-0.2, -0.15) is 4.98 Å². The molecule has 1 heterocycles. The molecule has 6 nitrogen and oxygen atoms in total. The SMILES string of the molecule is CCOC(=O)c1ccc(Nc2nccc(NC3CC3)n2)cc1. The minimum absolute atomic E-state index is 0.319. The Hall–Kier alpha value is -2.63. The molecule has 1 fully saturated rings. The molecule has 1 aromatic heterocycles. The maximum atomic E-state index is 11.6. The van der Waals surface area contributed by atoms with Gasteiger partial charge in [0.25, 0.3) is 0 Å². The van der Waals surface area contributed by atoms with Gasteiger partial charge in [0.15, 0.2) is 0 Å². The van der Waals surface area contributed by atoms with Crippen LogP contribution < -0.4 is 10.6 Å². The smallest absolute Gasteiger partial charge is 0.338 e. The Balaban J connectivity index is 1.66. The maximum absolute atomic E-state index is 11.6. The predicted molar refractivity (Wildman–Crippen MR) is 84.4 cm³/mol. The zero-order chi connectivity index (χ0) is 15.4. The molecule has 1 aromatic carbocycles. The summed E-state index contributed by atoms with van der Waals surface area (Å²) in [5.41, 5.74) is 1.34. The Morgan fingerprint density at radius 3 is 2.73 bits per heavy atom. The minimum atomic E-state index is -0.319. The number of nitrogens with zero attached hydrogens (tertiary/aromatic N) is 2. The molecular formula is C16H18N4O2. The highest BCUT2D eigenvalue weighted by Crippen LogP contribution is 2.24. The van der Waals surface area contributed by atoms with Gasteiger partial charge in [0.1, 0.15) is 5.82 Å². The summed E-state index contributed by atoms with van der Waals surface area (Å²) >= 11 is 0. The van der Waals surface area contributed by atoms with Gasteiger partial charge in [-0.1, -0.05) is 0 Å². The topological polar surface area (TPSA) is 76.1 Å². The van der Waals surface area contributed by atoms with Crippen LogP contribution in [0.15, 0.2) is 36.5 Å². The van der Waals surface area contributed by atoms with Crippen molar-refractivity contribution < 1.29 is 9.53 Å². The summed E-state index contributed by atoms with van der Waals surface area (Å²) in [6.45, 7) is 2.15. The van der Waals surface area contributed by atoms with E-state index in [-0.39, 0.29) is 5.97 Å². The molecule has 0 radical (unpaired) electrons. The maximum Gasteiger partial charge on any atom is 0.338 e. The summed E-state index contributed by atoms with van der Waals surface area (Å²) in [6.07, 6.45) is 4.11. The monoisotopic (exact) mass is 298 g/mol. The number of esters is 1. The van der Waals surface area contributed by atoms with Crippen molar-refractivity contribution in [3.63, 3.8) is 0 Å². The standard InChI is InChI=1S/C16H18N4O2/c1-2-22-15(21)11-3-5-13(6-4-11)19-16-17-10-9-14(20-16)18-12-7-8-12/h3-6,9-10,12H,2,7-8H2,1H3,(H2,17,18,19,20). The first kappa shape index (κ1) is 14.3. The fourth-order valence-corrected chi connectivity index (χ4v) is 1.97. The Kier molecular flexibility index (Phi) is 4.18. The molecule has 114 valence electrons. The Morgan fingerprint density at radius 1 is 1.27 bits per heavy atom. The second-order valence-corrected chi connectivity index (χ2v) is 5.11. The van der Waals surface area contributed by atoms with Crippen molar-refractivity contribution in [2.24, 2.45) is 0 Å². The first-order valence-electron chi connectivity index (χ1n) is 7.38. The van der Waals surface area contributed by atoms with Crippen LogP contribution in [0, 0.1) is 0 Å².